The summed E-state index contributed by atoms with van der Waals surface area (Å²) in [5, 5.41) is 9.07. The summed E-state index contributed by atoms with van der Waals surface area (Å²) >= 11 is 0. The molecule has 0 saturated carbocycles. The van der Waals surface area contributed by atoms with E-state index in [-0.39, 0.29) is 40.7 Å². The van der Waals surface area contributed by atoms with Gasteiger partial charge < -0.3 is 19.4 Å². The second kappa shape index (κ2) is 10.6. The Bertz CT molecular complexity index is 1080. The first kappa shape index (κ1) is 26.5. The van der Waals surface area contributed by atoms with Crippen molar-refractivity contribution in [2.24, 2.45) is 0 Å². The van der Waals surface area contributed by atoms with Crippen molar-refractivity contribution in [2.75, 3.05) is 0 Å². The fraction of sp³-hybridized carbons (Fsp3) is 0.0588. The van der Waals surface area contributed by atoms with Crippen molar-refractivity contribution in [3.63, 3.8) is 0 Å². The molecule has 4 N–H and O–H groups in total. The van der Waals surface area contributed by atoms with E-state index in [1.54, 1.807) is 31.2 Å². The maximum absolute atomic E-state index is 12.0. The molecule has 0 radical (unpaired) electrons. The molecule has 0 fully saturated rings. The second-order valence-electron chi connectivity index (χ2n) is 5.76. The maximum atomic E-state index is 12.0. The van der Waals surface area contributed by atoms with E-state index in [0.29, 0.717) is 16.7 Å². The van der Waals surface area contributed by atoms with Crippen LogP contribution in [0.15, 0.2) is 48.5 Å². The van der Waals surface area contributed by atoms with Crippen molar-refractivity contribution in [3.8, 4) is 0 Å². The summed E-state index contributed by atoms with van der Waals surface area (Å²) in [6, 6.07) is 11.9. The Morgan fingerprint density at radius 1 is 0.933 bits per heavy atom. The van der Waals surface area contributed by atoms with Crippen LogP contribution in [-0.2, 0) is 18.0 Å². The number of rotatable bonds is 7. The molecule has 0 bridgehead atoms. The van der Waals surface area contributed by atoms with Gasteiger partial charge in [0.2, 0.25) is 0 Å². The molecule has 0 aliphatic rings. The first-order chi connectivity index (χ1) is 13.4. The quantitative estimate of drug-likeness (QED) is 0.270. The molecule has 0 saturated heterocycles. The minimum atomic E-state index is -5.35. The van der Waals surface area contributed by atoms with E-state index in [1.165, 1.54) is 30.3 Å². The number of aromatic carboxylic acids is 1. The van der Waals surface area contributed by atoms with Gasteiger partial charge >= 0.3 is 57.1 Å². The van der Waals surface area contributed by atoms with Gasteiger partial charge in [0.1, 0.15) is 0 Å². The zero-order valence-corrected chi connectivity index (χ0v) is 16.6. The van der Waals surface area contributed by atoms with E-state index in [1.807, 2.05) is 0 Å². The van der Waals surface area contributed by atoms with Gasteiger partial charge in [-0.3, -0.25) is 4.89 Å². The molecule has 10 nitrogen and oxygen atoms in total. The molecule has 0 aliphatic heterocycles. The summed E-state index contributed by atoms with van der Waals surface area (Å²) in [6.45, 7) is 1.72. The Balaban J connectivity index is 0.00000450. The number of hydrogen-bond donors (Lipinski definition) is 4. The molecule has 0 spiro atoms. The summed E-state index contributed by atoms with van der Waals surface area (Å²) in [6.07, 6.45) is 1.64. The Hall–Kier alpha value is -1.58. The predicted octanol–water partition coefficient (Wildman–Crippen LogP) is 2.66. The van der Waals surface area contributed by atoms with Gasteiger partial charge in [-0.2, -0.15) is 4.31 Å². The summed E-state index contributed by atoms with van der Waals surface area (Å²) in [5.74, 6) is -2.40. The molecule has 2 rings (SSSR count). The average Bonchev–Trinajstić information content (AvgIpc) is 2.59. The molecular weight excluding hydrogens is 449 g/mol. The fourth-order valence-corrected chi connectivity index (χ4v) is 3.82. The van der Waals surface area contributed by atoms with Gasteiger partial charge in [0.05, 0.1) is 11.1 Å². The number of phosphoric ester groups is 1. The second-order valence-corrected chi connectivity index (χ2v) is 8.51. The zero-order valence-electron chi connectivity index (χ0n) is 14.8. The Labute approximate surface area is 193 Å². The van der Waals surface area contributed by atoms with Gasteiger partial charge in [0.15, 0.2) is 0 Å². The third-order valence-electron chi connectivity index (χ3n) is 3.48. The van der Waals surface area contributed by atoms with Crippen LogP contribution in [0.3, 0.4) is 0 Å². The molecule has 0 amide bonds. The summed E-state index contributed by atoms with van der Waals surface area (Å²) in [5.41, 5.74) is 1.73. The number of allylic oxidation sites excluding steroid dienone is 1. The van der Waals surface area contributed by atoms with Gasteiger partial charge in [-0.15, -0.1) is 0 Å². The van der Waals surface area contributed by atoms with Crippen LogP contribution >= 0.6 is 15.6 Å². The summed E-state index contributed by atoms with van der Waals surface area (Å²) in [4.78, 5) is 49.5. The monoisotopic (exact) mass is 466 g/mol. The van der Waals surface area contributed by atoms with Gasteiger partial charge in [-0.25, -0.2) is 18.7 Å². The molecule has 0 aromatic heterocycles. The van der Waals surface area contributed by atoms with Crippen LogP contribution in [0.25, 0.3) is 11.6 Å². The van der Waals surface area contributed by atoms with Crippen molar-refractivity contribution in [1.29, 1.82) is 0 Å². The van der Waals surface area contributed by atoms with Crippen molar-refractivity contribution in [3.05, 3.63) is 70.8 Å². The normalized spacial score (nSPS) is 13.7. The molecule has 2 aromatic rings. The summed E-state index contributed by atoms with van der Waals surface area (Å²) in [7, 11) is -10.7. The topological polar surface area (TPSA) is 168 Å². The molecular formula is C17H17NaO10P2. The number of hydrogen-bond acceptors (Lipinski definition) is 6. The van der Waals surface area contributed by atoms with Gasteiger partial charge in [-0.1, -0.05) is 30.3 Å². The third kappa shape index (κ3) is 8.28. The van der Waals surface area contributed by atoms with E-state index in [9.17, 15) is 23.6 Å². The average molecular weight is 466 g/mol. The SMILES string of the molecule is CC(=Cc1cccc(C(=O)OP(=O)(O)OP(=O)(O)O)c1)c1cccc(C(=O)O)c1.[NaH]. The van der Waals surface area contributed by atoms with Crippen molar-refractivity contribution < 1.29 is 47.3 Å². The van der Waals surface area contributed by atoms with E-state index < -0.39 is 27.6 Å². The minimum absolute atomic E-state index is 0. The van der Waals surface area contributed by atoms with Crippen LogP contribution in [-0.4, -0.2) is 61.3 Å². The number of phosphoric acid groups is 2. The van der Waals surface area contributed by atoms with Crippen LogP contribution < -0.4 is 0 Å². The first-order valence-corrected chi connectivity index (χ1v) is 10.8. The third-order valence-corrected chi connectivity index (χ3v) is 5.55. The van der Waals surface area contributed by atoms with Crippen LogP contribution in [0.4, 0.5) is 0 Å². The predicted molar refractivity (Wildman–Crippen MR) is 109 cm³/mol. The molecule has 0 aliphatic carbocycles. The number of benzene rings is 2. The van der Waals surface area contributed by atoms with Gasteiger partial charge in [-0.05, 0) is 47.9 Å². The fourth-order valence-electron chi connectivity index (χ4n) is 2.29. The Morgan fingerprint density at radius 3 is 2.10 bits per heavy atom. The molecule has 0 heterocycles. The van der Waals surface area contributed by atoms with Crippen molar-refractivity contribution >= 4 is 68.8 Å². The standard InChI is InChI=1S/C17H16O10P2.Na.H/c1-11(13-5-3-6-14(10-13)16(18)19)8-12-4-2-7-15(9-12)17(20)26-29(24,25)27-28(21,22)23;;/h2-10H,1H3,(H,18,19)(H,24,25)(H2,21,22,23);;. The van der Waals surface area contributed by atoms with Crippen molar-refractivity contribution in [1.82, 2.24) is 0 Å². The first-order valence-electron chi connectivity index (χ1n) is 7.82. The molecule has 30 heavy (non-hydrogen) atoms. The van der Waals surface area contributed by atoms with Crippen LogP contribution in [0.1, 0.15) is 38.8 Å². The molecule has 13 heteroatoms. The van der Waals surface area contributed by atoms with E-state index >= 15 is 0 Å². The molecule has 1 unspecified atom stereocenters. The number of carbonyl (C=O) groups is 2. The van der Waals surface area contributed by atoms with Crippen LogP contribution in [0.5, 0.6) is 0 Å². The van der Waals surface area contributed by atoms with E-state index in [0.717, 1.165) is 0 Å². The number of carboxylic acid groups (broad SMARTS) is 1. The van der Waals surface area contributed by atoms with Crippen LogP contribution in [0.2, 0.25) is 0 Å². The van der Waals surface area contributed by atoms with Crippen LogP contribution in [0, 0.1) is 0 Å². The molecule has 2 aromatic carbocycles. The number of carboxylic acids is 1. The number of carbonyl (C=O) groups excluding carboxylic acids is 1. The Kier molecular flexibility index (Phi) is 9.38. The van der Waals surface area contributed by atoms with Gasteiger partial charge in [0, 0.05) is 0 Å². The van der Waals surface area contributed by atoms with Gasteiger partial charge in [0.25, 0.3) is 0 Å². The van der Waals surface area contributed by atoms with E-state index in [2.05, 4.69) is 8.83 Å². The zero-order chi connectivity index (χ0) is 21.8. The molecule has 156 valence electrons. The van der Waals surface area contributed by atoms with E-state index in [4.69, 9.17) is 14.9 Å². The Morgan fingerprint density at radius 2 is 1.50 bits per heavy atom. The summed E-state index contributed by atoms with van der Waals surface area (Å²) < 4.78 is 29.9. The van der Waals surface area contributed by atoms with Crippen molar-refractivity contribution in [2.45, 2.75) is 6.92 Å². The molecule has 1 atom stereocenters.